The van der Waals surface area contributed by atoms with Crippen molar-refractivity contribution in [3.05, 3.63) is 35.4 Å². The first kappa shape index (κ1) is 17.3. The van der Waals surface area contributed by atoms with Crippen molar-refractivity contribution in [3.8, 4) is 0 Å². The molecule has 0 fully saturated rings. The Morgan fingerprint density at radius 3 is 2.35 bits per heavy atom. The molecule has 114 valence electrons. The Kier molecular flexibility index (Phi) is 7.97. The largest absolute Gasteiger partial charge is 0.500 e. The van der Waals surface area contributed by atoms with E-state index in [0.29, 0.717) is 6.54 Å². The van der Waals surface area contributed by atoms with Gasteiger partial charge in [0, 0.05) is 40.5 Å². The third kappa shape index (κ3) is 5.32. The quantitative estimate of drug-likeness (QED) is 0.506. The van der Waals surface area contributed by atoms with Crippen molar-refractivity contribution in [1.82, 2.24) is 5.32 Å². The van der Waals surface area contributed by atoms with Gasteiger partial charge in [-0.25, -0.2) is 0 Å². The molecule has 6 heteroatoms. The van der Waals surface area contributed by atoms with E-state index in [0.717, 1.165) is 31.1 Å². The maximum Gasteiger partial charge on any atom is 0.500 e. The molecule has 1 aromatic rings. The highest BCUT2D eigenvalue weighted by Gasteiger charge is 2.36. The average Bonchev–Trinajstić information content (AvgIpc) is 2.52. The van der Waals surface area contributed by atoms with Crippen LogP contribution in [0.2, 0.25) is 6.04 Å². The van der Waals surface area contributed by atoms with Crippen LogP contribution in [-0.4, -0.2) is 36.7 Å². The van der Waals surface area contributed by atoms with Gasteiger partial charge in [-0.15, -0.1) is 0 Å². The van der Waals surface area contributed by atoms with E-state index in [1.807, 2.05) is 12.1 Å². The lowest BCUT2D eigenvalue weighted by molar-refractivity contribution is 0.123. The summed E-state index contributed by atoms with van der Waals surface area (Å²) in [6.45, 7) is 2.32. The molecule has 0 aliphatic carbocycles. The van der Waals surface area contributed by atoms with Crippen molar-refractivity contribution in [2.24, 2.45) is 5.73 Å². The van der Waals surface area contributed by atoms with E-state index < -0.39 is 8.80 Å². The minimum atomic E-state index is -2.42. The highest BCUT2D eigenvalue weighted by atomic mass is 28.4. The second-order valence-electron chi connectivity index (χ2n) is 4.60. The Morgan fingerprint density at radius 2 is 1.75 bits per heavy atom. The molecule has 0 atom stereocenters. The predicted octanol–water partition coefficient (Wildman–Crippen LogP) is 1.50. The zero-order valence-corrected chi connectivity index (χ0v) is 13.6. The molecule has 20 heavy (non-hydrogen) atoms. The predicted molar refractivity (Wildman–Crippen MR) is 82.2 cm³/mol. The van der Waals surface area contributed by atoms with Crippen molar-refractivity contribution >= 4 is 8.80 Å². The lowest BCUT2D eigenvalue weighted by Gasteiger charge is -2.24. The number of hydrogen-bond donors (Lipinski definition) is 2. The van der Waals surface area contributed by atoms with Gasteiger partial charge < -0.3 is 24.3 Å². The number of nitrogens with one attached hydrogen (secondary N) is 1. The van der Waals surface area contributed by atoms with Crippen molar-refractivity contribution in [3.63, 3.8) is 0 Å². The molecule has 0 amide bonds. The van der Waals surface area contributed by atoms with Crippen molar-refractivity contribution in [1.29, 1.82) is 0 Å². The standard InChI is InChI=1S/C14H26N2O3Si/c1-17-20(18-2,19-3)9-5-8-16-12-14-7-4-6-13(10-14)11-15/h4,6-7,10,16H,5,8-9,11-12,15H2,1-3H3. The molecule has 0 radical (unpaired) electrons. The van der Waals surface area contributed by atoms with Gasteiger partial charge in [-0.1, -0.05) is 24.3 Å². The fourth-order valence-corrected chi connectivity index (χ4v) is 3.81. The second kappa shape index (κ2) is 9.22. The van der Waals surface area contributed by atoms with Gasteiger partial charge in [0.25, 0.3) is 0 Å². The third-order valence-electron chi connectivity index (χ3n) is 3.33. The van der Waals surface area contributed by atoms with E-state index in [9.17, 15) is 0 Å². The molecule has 0 unspecified atom stereocenters. The zero-order chi connectivity index (χ0) is 14.8. The van der Waals surface area contributed by atoms with Crippen LogP contribution in [0.15, 0.2) is 24.3 Å². The maximum absolute atomic E-state index is 5.63. The second-order valence-corrected chi connectivity index (χ2v) is 7.69. The first-order valence-corrected chi connectivity index (χ1v) is 8.77. The molecule has 5 nitrogen and oxygen atoms in total. The van der Waals surface area contributed by atoms with Crippen LogP contribution in [0, 0.1) is 0 Å². The third-order valence-corrected chi connectivity index (χ3v) is 6.16. The Morgan fingerprint density at radius 1 is 1.10 bits per heavy atom. The number of benzene rings is 1. The summed E-state index contributed by atoms with van der Waals surface area (Å²) in [4.78, 5) is 0. The SMILES string of the molecule is CO[Si](CCCNCc1cccc(CN)c1)(OC)OC. The fourth-order valence-electron chi connectivity index (χ4n) is 2.09. The van der Waals surface area contributed by atoms with Crippen molar-refractivity contribution in [2.45, 2.75) is 25.6 Å². The van der Waals surface area contributed by atoms with E-state index in [4.69, 9.17) is 19.0 Å². The minimum Gasteiger partial charge on any atom is -0.377 e. The summed E-state index contributed by atoms with van der Waals surface area (Å²) in [5.74, 6) is 0. The molecule has 0 aromatic heterocycles. The van der Waals surface area contributed by atoms with Crippen LogP contribution in [0.3, 0.4) is 0 Å². The number of rotatable bonds is 10. The molecule has 0 aliphatic heterocycles. The van der Waals surface area contributed by atoms with Crippen LogP contribution in [0.25, 0.3) is 0 Å². The fraction of sp³-hybridized carbons (Fsp3) is 0.571. The summed E-state index contributed by atoms with van der Waals surface area (Å²) in [7, 11) is 2.51. The van der Waals surface area contributed by atoms with Gasteiger partial charge >= 0.3 is 8.80 Å². The van der Waals surface area contributed by atoms with E-state index in [2.05, 4.69) is 17.4 Å². The first-order chi connectivity index (χ1) is 9.69. The van der Waals surface area contributed by atoms with Gasteiger partial charge in [-0.2, -0.15) is 0 Å². The summed E-state index contributed by atoms with van der Waals surface area (Å²) in [5.41, 5.74) is 8.04. The van der Waals surface area contributed by atoms with Crippen molar-refractivity contribution < 1.29 is 13.3 Å². The summed E-state index contributed by atoms with van der Waals surface area (Å²) in [6.07, 6.45) is 0.957. The van der Waals surface area contributed by atoms with E-state index in [-0.39, 0.29) is 0 Å². The zero-order valence-electron chi connectivity index (χ0n) is 12.6. The van der Waals surface area contributed by atoms with Gasteiger partial charge in [-0.3, -0.25) is 0 Å². The normalized spacial score (nSPS) is 11.8. The molecule has 3 N–H and O–H groups in total. The Labute approximate surface area is 122 Å². The minimum absolute atomic E-state index is 0.581. The Bertz CT molecular complexity index is 378. The molecule has 0 heterocycles. The van der Waals surface area contributed by atoms with Gasteiger partial charge in [0.1, 0.15) is 0 Å². The summed E-state index contributed by atoms with van der Waals surface area (Å²) in [5, 5.41) is 3.41. The Balaban J connectivity index is 2.27. The van der Waals surface area contributed by atoms with E-state index in [1.165, 1.54) is 5.56 Å². The summed E-state index contributed by atoms with van der Waals surface area (Å²) >= 11 is 0. The van der Waals surface area contributed by atoms with E-state index >= 15 is 0 Å². The molecule has 0 saturated heterocycles. The van der Waals surface area contributed by atoms with Gasteiger partial charge in [0.15, 0.2) is 0 Å². The number of hydrogen-bond acceptors (Lipinski definition) is 5. The molecule has 1 aromatic carbocycles. The van der Waals surface area contributed by atoms with Crippen LogP contribution in [0.1, 0.15) is 17.5 Å². The number of nitrogens with two attached hydrogens (primary N) is 1. The van der Waals surface area contributed by atoms with Crippen molar-refractivity contribution in [2.75, 3.05) is 27.9 Å². The topological polar surface area (TPSA) is 65.7 Å². The first-order valence-electron chi connectivity index (χ1n) is 6.83. The monoisotopic (exact) mass is 298 g/mol. The molecule has 0 saturated carbocycles. The molecular formula is C14H26N2O3Si. The van der Waals surface area contributed by atoms with Gasteiger partial charge in [0.2, 0.25) is 0 Å². The van der Waals surface area contributed by atoms with Gasteiger partial charge in [0.05, 0.1) is 0 Å². The summed E-state index contributed by atoms with van der Waals surface area (Å²) in [6, 6.07) is 9.12. The van der Waals surface area contributed by atoms with Crippen LogP contribution >= 0.6 is 0 Å². The van der Waals surface area contributed by atoms with Crippen LogP contribution in [-0.2, 0) is 26.4 Å². The van der Waals surface area contributed by atoms with E-state index in [1.54, 1.807) is 21.3 Å². The highest BCUT2D eigenvalue weighted by Crippen LogP contribution is 2.14. The van der Waals surface area contributed by atoms with Gasteiger partial charge in [-0.05, 0) is 24.1 Å². The van der Waals surface area contributed by atoms with Crippen LogP contribution in [0.4, 0.5) is 0 Å². The smallest absolute Gasteiger partial charge is 0.377 e. The molecule has 0 aliphatic rings. The van der Waals surface area contributed by atoms with Crippen LogP contribution in [0.5, 0.6) is 0 Å². The lowest BCUT2D eigenvalue weighted by atomic mass is 10.1. The highest BCUT2D eigenvalue weighted by molar-refractivity contribution is 6.60. The van der Waals surface area contributed by atoms with Crippen LogP contribution < -0.4 is 11.1 Å². The molecule has 0 bridgehead atoms. The average molecular weight is 298 g/mol. The summed E-state index contributed by atoms with van der Waals surface area (Å²) < 4.78 is 16.2. The lowest BCUT2D eigenvalue weighted by Crippen LogP contribution is -2.43. The molecule has 0 spiro atoms. The molecular weight excluding hydrogens is 272 g/mol. The Hall–Kier alpha value is -0.763. The molecule has 1 rings (SSSR count). The maximum atomic E-state index is 5.63.